The summed E-state index contributed by atoms with van der Waals surface area (Å²) in [6.45, 7) is 8.11. The lowest BCUT2D eigenvalue weighted by Gasteiger charge is -2.40. The van der Waals surface area contributed by atoms with Crippen LogP contribution in [0.3, 0.4) is 0 Å². The minimum absolute atomic E-state index is 0.247. The van der Waals surface area contributed by atoms with E-state index in [1.807, 2.05) is 17.0 Å². The lowest BCUT2D eigenvalue weighted by molar-refractivity contribution is -0.125. The maximum absolute atomic E-state index is 13.9. The van der Waals surface area contributed by atoms with Crippen LogP contribution in [0.1, 0.15) is 50.5 Å². The summed E-state index contributed by atoms with van der Waals surface area (Å²) in [5, 5.41) is 1.08. The maximum atomic E-state index is 13.9. The summed E-state index contributed by atoms with van der Waals surface area (Å²) < 4.78 is 5.47. The fraction of sp³-hybridized carbons (Fsp3) is 0.720. The molecule has 2 saturated heterocycles. The number of benzene rings is 1. The molecule has 176 valence electrons. The van der Waals surface area contributed by atoms with Crippen LogP contribution >= 0.6 is 23.2 Å². The second-order valence-corrected chi connectivity index (χ2v) is 10.9. The van der Waals surface area contributed by atoms with Crippen LogP contribution in [-0.4, -0.2) is 74.7 Å². The second-order valence-electron chi connectivity index (χ2n) is 10.1. The van der Waals surface area contributed by atoms with E-state index in [4.69, 9.17) is 27.9 Å². The van der Waals surface area contributed by atoms with Gasteiger partial charge in [0.1, 0.15) is 0 Å². The molecule has 1 saturated carbocycles. The van der Waals surface area contributed by atoms with Crippen LogP contribution in [0.4, 0.5) is 5.69 Å². The Morgan fingerprint density at radius 3 is 2.31 bits per heavy atom. The Balaban J connectivity index is 1.32. The summed E-state index contributed by atoms with van der Waals surface area (Å²) in [6.07, 6.45) is 8.64. The van der Waals surface area contributed by atoms with Gasteiger partial charge in [-0.05, 0) is 62.4 Å². The molecule has 5 rings (SSSR count). The number of hydrogen-bond donors (Lipinski definition) is 0. The molecule has 4 aliphatic rings. The molecular weight excluding hydrogens is 445 g/mol. The monoisotopic (exact) mass is 479 g/mol. The Bertz CT molecular complexity index is 829. The predicted molar refractivity (Wildman–Crippen MR) is 130 cm³/mol. The van der Waals surface area contributed by atoms with Gasteiger partial charge in [-0.1, -0.05) is 42.5 Å². The number of rotatable bonds is 5. The Hall–Kier alpha value is -0.850. The largest absolute Gasteiger partial charge is 0.379 e. The van der Waals surface area contributed by atoms with Gasteiger partial charge in [0.2, 0.25) is 5.91 Å². The standard InChI is InChI=1S/C25H35Cl2N3O2/c26-21-16-20-23(17-22(21)27)30(11-10-28-12-14-32-15-13-28)24(31)25(20)6-8-29(9-7-25)18-19-4-2-1-3-5-19/h16-17,19H,1-15,18H2. The van der Waals surface area contributed by atoms with Crippen molar-refractivity contribution in [2.24, 2.45) is 5.92 Å². The van der Waals surface area contributed by atoms with Crippen LogP contribution in [0.15, 0.2) is 12.1 Å². The zero-order valence-corrected chi connectivity index (χ0v) is 20.5. The van der Waals surface area contributed by atoms with Crippen molar-refractivity contribution in [3.8, 4) is 0 Å². The number of amides is 1. The van der Waals surface area contributed by atoms with Gasteiger partial charge in [0, 0.05) is 38.4 Å². The van der Waals surface area contributed by atoms with Crippen LogP contribution in [0, 0.1) is 5.92 Å². The number of likely N-dealkylation sites (tertiary alicyclic amines) is 1. The van der Waals surface area contributed by atoms with E-state index in [0.29, 0.717) is 16.6 Å². The molecule has 0 unspecified atom stereocenters. The number of carbonyl (C=O) groups excluding carboxylic acids is 1. The highest BCUT2D eigenvalue weighted by molar-refractivity contribution is 6.42. The van der Waals surface area contributed by atoms with Crippen molar-refractivity contribution in [2.75, 3.05) is 63.9 Å². The molecule has 1 aromatic rings. The molecule has 3 aliphatic heterocycles. The van der Waals surface area contributed by atoms with Gasteiger partial charge < -0.3 is 14.5 Å². The molecule has 0 atom stereocenters. The molecule has 1 amide bonds. The molecule has 3 fully saturated rings. The number of piperidine rings is 1. The fourth-order valence-corrected chi connectivity index (χ4v) is 6.57. The minimum atomic E-state index is -0.447. The third kappa shape index (κ3) is 4.44. The topological polar surface area (TPSA) is 36.0 Å². The van der Waals surface area contributed by atoms with Crippen molar-refractivity contribution in [1.82, 2.24) is 9.80 Å². The van der Waals surface area contributed by atoms with Gasteiger partial charge >= 0.3 is 0 Å². The van der Waals surface area contributed by atoms with E-state index in [2.05, 4.69) is 9.80 Å². The highest BCUT2D eigenvalue weighted by atomic mass is 35.5. The van der Waals surface area contributed by atoms with E-state index in [9.17, 15) is 4.79 Å². The summed E-state index contributed by atoms with van der Waals surface area (Å²) in [6, 6.07) is 3.89. The third-order valence-electron chi connectivity index (χ3n) is 8.19. The Morgan fingerprint density at radius 2 is 1.59 bits per heavy atom. The Labute approximate surface area is 202 Å². The first-order chi connectivity index (χ1) is 15.6. The summed E-state index contributed by atoms with van der Waals surface area (Å²) >= 11 is 12.9. The van der Waals surface area contributed by atoms with Gasteiger partial charge in [0.05, 0.1) is 28.7 Å². The van der Waals surface area contributed by atoms with E-state index < -0.39 is 5.41 Å². The lowest BCUT2D eigenvalue weighted by atomic mass is 9.73. The van der Waals surface area contributed by atoms with Crippen LogP contribution in [0.25, 0.3) is 0 Å². The predicted octanol–water partition coefficient (Wildman–Crippen LogP) is 4.59. The van der Waals surface area contributed by atoms with E-state index in [-0.39, 0.29) is 5.91 Å². The smallest absolute Gasteiger partial charge is 0.237 e. The van der Waals surface area contributed by atoms with Crippen LogP contribution in [0.2, 0.25) is 10.0 Å². The molecule has 5 nitrogen and oxygen atoms in total. The maximum Gasteiger partial charge on any atom is 0.237 e. The third-order valence-corrected chi connectivity index (χ3v) is 8.92. The van der Waals surface area contributed by atoms with Crippen molar-refractivity contribution < 1.29 is 9.53 Å². The van der Waals surface area contributed by atoms with Crippen LogP contribution in [-0.2, 0) is 14.9 Å². The van der Waals surface area contributed by atoms with Crippen molar-refractivity contribution in [3.63, 3.8) is 0 Å². The molecule has 0 N–H and O–H groups in total. The van der Waals surface area contributed by atoms with Gasteiger partial charge in [0.25, 0.3) is 0 Å². The second kappa shape index (κ2) is 9.79. The van der Waals surface area contributed by atoms with Gasteiger partial charge in [0.15, 0.2) is 0 Å². The number of morpholine rings is 1. The number of anilines is 1. The highest BCUT2D eigenvalue weighted by Gasteiger charge is 2.52. The molecule has 32 heavy (non-hydrogen) atoms. The molecule has 1 aromatic carbocycles. The molecule has 3 heterocycles. The van der Waals surface area contributed by atoms with Crippen molar-refractivity contribution in [3.05, 3.63) is 27.7 Å². The fourth-order valence-electron chi connectivity index (χ4n) is 6.25. The zero-order valence-electron chi connectivity index (χ0n) is 19.0. The van der Waals surface area contributed by atoms with Crippen LogP contribution in [0.5, 0.6) is 0 Å². The first-order valence-corrected chi connectivity index (χ1v) is 13.2. The quantitative estimate of drug-likeness (QED) is 0.618. The summed E-state index contributed by atoms with van der Waals surface area (Å²) in [5.41, 5.74) is 1.62. The summed E-state index contributed by atoms with van der Waals surface area (Å²) in [5.74, 6) is 1.08. The molecule has 1 aliphatic carbocycles. The van der Waals surface area contributed by atoms with Crippen molar-refractivity contribution in [2.45, 2.75) is 50.4 Å². The Morgan fingerprint density at radius 1 is 0.906 bits per heavy atom. The minimum Gasteiger partial charge on any atom is -0.379 e. The molecule has 0 aromatic heterocycles. The number of ether oxygens (including phenoxy) is 1. The first-order valence-electron chi connectivity index (χ1n) is 12.4. The van der Waals surface area contributed by atoms with Gasteiger partial charge in [-0.15, -0.1) is 0 Å². The Kier molecular flexibility index (Phi) is 7.01. The molecule has 0 radical (unpaired) electrons. The number of fused-ring (bicyclic) bond motifs is 2. The van der Waals surface area contributed by atoms with E-state index in [1.54, 1.807) is 0 Å². The van der Waals surface area contributed by atoms with Crippen LogP contribution < -0.4 is 4.90 Å². The SMILES string of the molecule is O=C1N(CCN2CCOCC2)c2cc(Cl)c(Cl)cc2C12CCN(CC1CCCCC1)CC2. The van der Waals surface area contributed by atoms with E-state index in [0.717, 1.165) is 75.9 Å². The van der Waals surface area contributed by atoms with E-state index >= 15 is 0 Å². The molecular formula is C25H35Cl2N3O2. The first kappa shape index (κ1) is 22.9. The number of halogens is 2. The highest BCUT2D eigenvalue weighted by Crippen LogP contribution is 2.50. The summed E-state index contributed by atoms with van der Waals surface area (Å²) in [7, 11) is 0. The lowest BCUT2D eigenvalue weighted by Crippen LogP contribution is -2.50. The zero-order chi connectivity index (χ0) is 22.1. The number of hydrogen-bond acceptors (Lipinski definition) is 4. The van der Waals surface area contributed by atoms with Crippen molar-refractivity contribution in [1.29, 1.82) is 0 Å². The van der Waals surface area contributed by atoms with Gasteiger partial charge in [-0.25, -0.2) is 0 Å². The normalized spacial score (nSPS) is 24.9. The number of carbonyl (C=O) groups is 1. The average Bonchev–Trinajstić information content (AvgIpc) is 3.03. The molecule has 0 bridgehead atoms. The number of nitrogens with zero attached hydrogens (tertiary/aromatic N) is 3. The van der Waals surface area contributed by atoms with Crippen molar-refractivity contribution >= 4 is 34.8 Å². The molecule has 1 spiro atoms. The van der Waals surface area contributed by atoms with Gasteiger partial charge in [-0.2, -0.15) is 0 Å². The van der Waals surface area contributed by atoms with Gasteiger partial charge in [-0.3, -0.25) is 9.69 Å². The van der Waals surface area contributed by atoms with E-state index in [1.165, 1.54) is 38.6 Å². The summed E-state index contributed by atoms with van der Waals surface area (Å²) in [4.78, 5) is 20.9. The molecule has 7 heteroatoms. The average molecular weight is 480 g/mol.